The van der Waals surface area contributed by atoms with Crippen LogP contribution in [0.4, 0.5) is 5.69 Å². The van der Waals surface area contributed by atoms with E-state index in [1.165, 1.54) is 0 Å². The molecule has 2 heterocycles. The van der Waals surface area contributed by atoms with Crippen molar-refractivity contribution in [2.45, 2.75) is 32.6 Å². The van der Waals surface area contributed by atoms with Gasteiger partial charge in [0.15, 0.2) is 11.7 Å². The Morgan fingerprint density at radius 2 is 1.90 bits per heavy atom. The standard InChI is InChI=1S/C24H24ClN3O3/c1-16-7-6-9-18(24(30)28-13-4-5-14-28)23(16)27-21(29)11-12-22-26-15-20(31-22)17-8-2-3-10-19(17)25/h2-3,6-10,15H,4-5,11-14H2,1H3,(H,27,29). The van der Waals surface area contributed by atoms with Gasteiger partial charge >= 0.3 is 0 Å². The van der Waals surface area contributed by atoms with Crippen LogP contribution < -0.4 is 5.32 Å². The first-order valence-corrected chi connectivity index (χ1v) is 10.8. The van der Waals surface area contributed by atoms with Crippen LogP contribution in [-0.2, 0) is 11.2 Å². The molecule has 0 radical (unpaired) electrons. The summed E-state index contributed by atoms with van der Waals surface area (Å²) in [7, 11) is 0. The molecule has 1 N–H and O–H groups in total. The minimum absolute atomic E-state index is 0.0337. The van der Waals surface area contributed by atoms with E-state index in [0.29, 0.717) is 34.3 Å². The van der Waals surface area contributed by atoms with Crippen molar-refractivity contribution < 1.29 is 14.0 Å². The lowest BCUT2D eigenvalue weighted by Gasteiger charge is -2.19. The van der Waals surface area contributed by atoms with Gasteiger partial charge in [-0.05, 0) is 43.5 Å². The summed E-state index contributed by atoms with van der Waals surface area (Å²) in [6, 6.07) is 12.9. The van der Waals surface area contributed by atoms with Gasteiger partial charge in [-0.2, -0.15) is 0 Å². The third kappa shape index (κ3) is 4.80. The average Bonchev–Trinajstić information content (AvgIpc) is 3.46. The van der Waals surface area contributed by atoms with Crippen LogP contribution in [0.25, 0.3) is 11.3 Å². The summed E-state index contributed by atoms with van der Waals surface area (Å²) in [5.41, 5.74) is 2.73. The first-order valence-electron chi connectivity index (χ1n) is 10.4. The normalized spacial score (nSPS) is 13.4. The van der Waals surface area contributed by atoms with Gasteiger partial charge in [-0.25, -0.2) is 4.98 Å². The number of para-hydroxylation sites is 1. The number of oxazole rings is 1. The van der Waals surface area contributed by atoms with E-state index in [9.17, 15) is 9.59 Å². The smallest absolute Gasteiger partial charge is 0.255 e. The number of benzene rings is 2. The molecule has 0 atom stereocenters. The molecule has 0 aliphatic carbocycles. The minimum Gasteiger partial charge on any atom is -0.441 e. The molecule has 0 saturated carbocycles. The van der Waals surface area contributed by atoms with Gasteiger partial charge in [-0.1, -0.05) is 35.9 Å². The molecule has 1 aliphatic heterocycles. The lowest BCUT2D eigenvalue weighted by Crippen LogP contribution is -2.29. The number of amides is 2. The number of halogens is 1. The summed E-state index contributed by atoms with van der Waals surface area (Å²) in [6.45, 7) is 3.41. The molecule has 160 valence electrons. The molecule has 2 amide bonds. The second-order valence-electron chi connectivity index (χ2n) is 7.64. The molecule has 1 aromatic heterocycles. The zero-order chi connectivity index (χ0) is 21.8. The Labute approximate surface area is 186 Å². The summed E-state index contributed by atoms with van der Waals surface area (Å²) in [4.78, 5) is 31.6. The molecule has 4 rings (SSSR count). The van der Waals surface area contributed by atoms with E-state index in [1.54, 1.807) is 18.3 Å². The molecule has 0 unspecified atom stereocenters. The highest BCUT2D eigenvalue weighted by molar-refractivity contribution is 6.33. The number of likely N-dealkylation sites (tertiary alicyclic amines) is 1. The van der Waals surface area contributed by atoms with Gasteiger partial charge in [0.2, 0.25) is 5.91 Å². The van der Waals surface area contributed by atoms with Crippen molar-refractivity contribution in [1.29, 1.82) is 0 Å². The Morgan fingerprint density at radius 1 is 1.13 bits per heavy atom. The number of aromatic nitrogens is 1. The number of rotatable bonds is 6. The largest absolute Gasteiger partial charge is 0.441 e. The monoisotopic (exact) mass is 437 g/mol. The SMILES string of the molecule is Cc1cccc(C(=O)N2CCCC2)c1NC(=O)CCc1ncc(-c2ccccc2Cl)o1. The fourth-order valence-electron chi connectivity index (χ4n) is 3.74. The molecule has 1 fully saturated rings. The zero-order valence-electron chi connectivity index (χ0n) is 17.4. The lowest BCUT2D eigenvalue weighted by atomic mass is 10.1. The van der Waals surface area contributed by atoms with Gasteiger partial charge in [0.25, 0.3) is 5.91 Å². The van der Waals surface area contributed by atoms with Crippen LogP contribution >= 0.6 is 11.6 Å². The van der Waals surface area contributed by atoms with Crippen molar-refractivity contribution >= 4 is 29.1 Å². The first-order chi connectivity index (χ1) is 15.0. The Hall–Kier alpha value is -3.12. The topological polar surface area (TPSA) is 75.4 Å². The maximum Gasteiger partial charge on any atom is 0.255 e. The second kappa shape index (κ2) is 9.35. The molecule has 3 aromatic rings. The molecule has 0 bridgehead atoms. The fraction of sp³-hybridized carbons (Fsp3) is 0.292. The van der Waals surface area contributed by atoms with E-state index in [1.807, 2.05) is 42.2 Å². The van der Waals surface area contributed by atoms with Gasteiger partial charge < -0.3 is 14.6 Å². The Morgan fingerprint density at radius 3 is 2.68 bits per heavy atom. The van der Waals surface area contributed by atoms with E-state index in [4.69, 9.17) is 16.0 Å². The Balaban J connectivity index is 1.42. The molecule has 1 aliphatic rings. The molecule has 2 aromatic carbocycles. The predicted octanol–water partition coefficient (Wildman–Crippen LogP) is 5.11. The number of nitrogens with one attached hydrogen (secondary N) is 1. The van der Waals surface area contributed by atoms with Crippen molar-refractivity contribution in [1.82, 2.24) is 9.88 Å². The number of nitrogens with zero attached hydrogens (tertiary/aromatic N) is 2. The average molecular weight is 438 g/mol. The fourth-order valence-corrected chi connectivity index (χ4v) is 3.97. The van der Waals surface area contributed by atoms with Gasteiger partial charge in [-0.3, -0.25) is 9.59 Å². The molecular formula is C24H24ClN3O3. The lowest BCUT2D eigenvalue weighted by molar-refractivity contribution is -0.116. The van der Waals surface area contributed by atoms with Crippen LogP contribution in [0.5, 0.6) is 0 Å². The maximum absolute atomic E-state index is 12.9. The van der Waals surface area contributed by atoms with Crippen LogP contribution in [0.1, 0.15) is 41.1 Å². The summed E-state index contributed by atoms with van der Waals surface area (Å²) in [6.07, 6.45) is 4.19. The van der Waals surface area contributed by atoms with Crippen LogP contribution in [0.15, 0.2) is 53.1 Å². The Kier molecular flexibility index (Phi) is 6.37. The number of anilines is 1. The predicted molar refractivity (Wildman–Crippen MR) is 120 cm³/mol. The summed E-state index contributed by atoms with van der Waals surface area (Å²) < 4.78 is 5.77. The van der Waals surface area contributed by atoms with Gasteiger partial charge in [0, 0.05) is 31.5 Å². The molecule has 0 spiro atoms. The van der Waals surface area contributed by atoms with Crippen molar-refractivity contribution in [3.8, 4) is 11.3 Å². The summed E-state index contributed by atoms with van der Waals surface area (Å²) in [5.74, 6) is 0.803. The molecular weight excluding hydrogens is 414 g/mol. The molecule has 1 saturated heterocycles. The maximum atomic E-state index is 12.9. The number of hydrogen-bond acceptors (Lipinski definition) is 4. The molecule has 31 heavy (non-hydrogen) atoms. The zero-order valence-corrected chi connectivity index (χ0v) is 18.1. The highest BCUT2D eigenvalue weighted by atomic mass is 35.5. The Bertz CT molecular complexity index is 1100. The third-order valence-electron chi connectivity index (χ3n) is 5.42. The van der Waals surface area contributed by atoms with Gasteiger partial charge in [0.05, 0.1) is 22.5 Å². The quantitative estimate of drug-likeness (QED) is 0.581. The van der Waals surface area contributed by atoms with E-state index < -0.39 is 0 Å². The van der Waals surface area contributed by atoms with Crippen molar-refractivity contribution in [3.63, 3.8) is 0 Å². The van der Waals surface area contributed by atoms with Gasteiger partial charge in [-0.15, -0.1) is 0 Å². The molecule has 7 heteroatoms. The number of hydrogen-bond donors (Lipinski definition) is 1. The highest BCUT2D eigenvalue weighted by Gasteiger charge is 2.23. The van der Waals surface area contributed by atoms with Crippen LogP contribution in [0, 0.1) is 6.92 Å². The number of aryl methyl sites for hydroxylation is 2. The first kappa shape index (κ1) is 21.1. The van der Waals surface area contributed by atoms with E-state index in [2.05, 4.69) is 10.3 Å². The third-order valence-corrected chi connectivity index (χ3v) is 5.75. The van der Waals surface area contributed by atoms with Gasteiger partial charge in [0.1, 0.15) is 0 Å². The minimum atomic E-state index is -0.192. The number of carbonyl (C=O) groups excluding carboxylic acids is 2. The van der Waals surface area contributed by atoms with E-state index in [-0.39, 0.29) is 18.2 Å². The summed E-state index contributed by atoms with van der Waals surface area (Å²) in [5, 5.41) is 3.51. The van der Waals surface area contributed by atoms with Crippen molar-refractivity contribution in [2.75, 3.05) is 18.4 Å². The van der Waals surface area contributed by atoms with E-state index in [0.717, 1.165) is 37.1 Å². The van der Waals surface area contributed by atoms with Crippen LogP contribution in [0.3, 0.4) is 0 Å². The van der Waals surface area contributed by atoms with Crippen LogP contribution in [-0.4, -0.2) is 34.8 Å². The van der Waals surface area contributed by atoms with Crippen LogP contribution in [0.2, 0.25) is 5.02 Å². The van der Waals surface area contributed by atoms with Crippen molar-refractivity contribution in [2.24, 2.45) is 0 Å². The van der Waals surface area contributed by atoms with Crippen molar-refractivity contribution in [3.05, 3.63) is 70.7 Å². The summed E-state index contributed by atoms with van der Waals surface area (Å²) >= 11 is 6.21. The molecule has 6 nitrogen and oxygen atoms in total. The second-order valence-corrected chi connectivity index (χ2v) is 8.05. The highest BCUT2D eigenvalue weighted by Crippen LogP contribution is 2.28. The van der Waals surface area contributed by atoms with E-state index >= 15 is 0 Å². The number of carbonyl (C=O) groups is 2.